The number of hydrogen-bond acceptors (Lipinski definition) is 4. The molecule has 1 aromatic carbocycles. The maximum Gasteiger partial charge on any atom is 0.304 e. The van der Waals surface area contributed by atoms with E-state index in [1.807, 2.05) is 0 Å². The second-order valence-corrected chi connectivity index (χ2v) is 5.77. The Morgan fingerprint density at radius 1 is 1.44 bits per heavy atom. The van der Waals surface area contributed by atoms with Crippen LogP contribution in [0.5, 0.6) is 5.75 Å². The Kier molecular flexibility index (Phi) is 2.38. The van der Waals surface area contributed by atoms with Crippen LogP contribution < -0.4 is 0 Å². The van der Waals surface area contributed by atoms with Crippen LogP contribution in [-0.4, -0.2) is 30.4 Å². The van der Waals surface area contributed by atoms with E-state index < -0.39 is 21.7 Å². The molecule has 1 aliphatic rings. The van der Waals surface area contributed by atoms with Crippen molar-refractivity contribution in [1.82, 2.24) is 0 Å². The highest BCUT2D eigenvalue weighted by atomic mass is 32.2. The fourth-order valence-electron chi connectivity index (χ4n) is 2.02. The Balaban J connectivity index is 2.56. The molecule has 5 nitrogen and oxygen atoms in total. The molecule has 0 aromatic heterocycles. The number of phenols is 1. The number of fused-ring (bicyclic) bond motifs is 1. The molecule has 0 fully saturated rings. The number of phenolic OH excluding ortho intramolecular Hbond substituents is 1. The quantitative estimate of drug-likeness (QED) is 0.798. The summed E-state index contributed by atoms with van der Waals surface area (Å²) in [5.41, 5.74) is 0.241. The van der Waals surface area contributed by atoms with E-state index in [4.69, 9.17) is 5.11 Å². The highest BCUT2D eigenvalue weighted by Crippen LogP contribution is 2.41. The van der Waals surface area contributed by atoms with Crippen LogP contribution in [0.25, 0.3) is 0 Å². The van der Waals surface area contributed by atoms with Crippen molar-refractivity contribution >= 4 is 15.8 Å². The Morgan fingerprint density at radius 2 is 2.12 bits per heavy atom. The summed E-state index contributed by atoms with van der Waals surface area (Å²) < 4.78 is 23.4. The van der Waals surface area contributed by atoms with Gasteiger partial charge in [0.15, 0.2) is 9.84 Å². The van der Waals surface area contributed by atoms with E-state index in [0.29, 0.717) is 0 Å². The summed E-state index contributed by atoms with van der Waals surface area (Å²) in [6, 6.07) is 4.20. The molecular formula is C10H10O5S. The van der Waals surface area contributed by atoms with Crippen molar-refractivity contribution < 1.29 is 23.4 Å². The molecule has 0 amide bonds. The third-order valence-electron chi connectivity index (χ3n) is 2.63. The van der Waals surface area contributed by atoms with Crippen LogP contribution in [0.4, 0.5) is 0 Å². The van der Waals surface area contributed by atoms with Crippen molar-refractivity contribution in [2.75, 3.05) is 5.75 Å². The van der Waals surface area contributed by atoms with Crippen molar-refractivity contribution in [3.63, 3.8) is 0 Å². The lowest BCUT2D eigenvalue weighted by atomic mass is 9.97. The van der Waals surface area contributed by atoms with Gasteiger partial charge in [-0.05, 0) is 12.1 Å². The maximum absolute atomic E-state index is 11.7. The molecule has 0 spiro atoms. The van der Waals surface area contributed by atoms with Gasteiger partial charge in [-0.3, -0.25) is 4.79 Å². The van der Waals surface area contributed by atoms with Crippen LogP contribution in [0.1, 0.15) is 17.9 Å². The molecule has 1 atom stereocenters. The molecular weight excluding hydrogens is 232 g/mol. The first-order valence-corrected chi connectivity index (χ1v) is 6.33. The molecule has 2 rings (SSSR count). The van der Waals surface area contributed by atoms with Crippen LogP contribution in [0.2, 0.25) is 0 Å². The van der Waals surface area contributed by atoms with Gasteiger partial charge in [-0.2, -0.15) is 0 Å². The molecule has 0 bridgehead atoms. The zero-order valence-corrected chi connectivity index (χ0v) is 9.07. The summed E-state index contributed by atoms with van der Waals surface area (Å²) in [6.07, 6.45) is -0.288. The van der Waals surface area contributed by atoms with Crippen molar-refractivity contribution in [3.05, 3.63) is 23.8 Å². The third-order valence-corrected chi connectivity index (χ3v) is 4.50. The normalized spacial score (nSPS) is 21.6. The third kappa shape index (κ3) is 1.65. The maximum atomic E-state index is 11.7. The van der Waals surface area contributed by atoms with Gasteiger partial charge in [0.1, 0.15) is 5.75 Å². The zero-order valence-electron chi connectivity index (χ0n) is 8.25. The molecule has 0 radical (unpaired) electrons. The number of benzene rings is 1. The summed E-state index contributed by atoms with van der Waals surface area (Å²) >= 11 is 0. The monoisotopic (exact) mass is 242 g/mol. The van der Waals surface area contributed by atoms with Gasteiger partial charge in [0, 0.05) is 11.5 Å². The number of aliphatic carboxylic acids is 1. The van der Waals surface area contributed by atoms with Crippen LogP contribution in [0, 0.1) is 0 Å². The van der Waals surface area contributed by atoms with Gasteiger partial charge in [-0.15, -0.1) is 0 Å². The standard InChI is InChI=1S/C10H10O5S/c11-7-2-1-3-8-10(7)6(4-9(12)13)5-16(8,14)15/h1-3,6,11H,4-5H2,(H,12,13). The zero-order chi connectivity index (χ0) is 11.9. The Morgan fingerprint density at radius 3 is 2.75 bits per heavy atom. The van der Waals surface area contributed by atoms with Crippen molar-refractivity contribution in [2.24, 2.45) is 0 Å². The number of hydrogen-bond donors (Lipinski definition) is 2. The molecule has 1 unspecified atom stereocenters. The molecule has 16 heavy (non-hydrogen) atoms. The SMILES string of the molecule is O=C(O)CC1CS(=O)(=O)c2cccc(O)c21. The molecule has 0 aliphatic carbocycles. The minimum Gasteiger partial charge on any atom is -0.508 e. The van der Waals surface area contributed by atoms with Gasteiger partial charge in [0.05, 0.1) is 17.1 Å². The molecule has 1 aromatic rings. The largest absolute Gasteiger partial charge is 0.508 e. The number of rotatable bonds is 2. The fourth-order valence-corrected chi connectivity index (χ4v) is 3.91. The van der Waals surface area contributed by atoms with E-state index in [1.165, 1.54) is 18.2 Å². The van der Waals surface area contributed by atoms with Gasteiger partial charge < -0.3 is 10.2 Å². The van der Waals surface area contributed by atoms with Gasteiger partial charge in [-0.25, -0.2) is 8.42 Å². The van der Waals surface area contributed by atoms with E-state index in [9.17, 15) is 18.3 Å². The summed E-state index contributed by atoms with van der Waals surface area (Å²) in [5.74, 6) is -2.12. The van der Waals surface area contributed by atoms with Crippen LogP contribution >= 0.6 is 0 Å². The smallest absolute Gasteiger partial charge is 0.304 e. The lowest BCUT2D eigenvalue weighted by Crippen LogP contribution is -2.08. The molecule has 2 N–H and O–H groups in total. The molecule has 1 aliphatic heterocycles. The average Bonchev–Trinajstić information content (AvgIpc) is 2.38. The minimum atomic E-state index is -3.45. The number of carbonyl (C=O) groups is 1. The molecule has 6 heteroatoms. The Hall–Kier alpha value is -1.56. The van der Waals surface area contributed by atoms with Gasteiger partial charge >= 0.3 is 5.97 Å². The second kappa shape index (κ2) is 3.48. The highest BCUT2D eigenvalue weighted by molar-refractivity contribution is 7.91. The number of carboxylic acid groups (broad SMARTS) is 1. The summed E-state index contributed by atoms with van der Waals surface area (Å²) in [6.45, 7) is 0. The lowest BCUT2D eigenvalue weighted by molar-refractivity contribution is -0.137. The van der Waals surface area contributed by atoms with Crippen molar-refractivity contribution in [2.45, 2.75) is 17.2 Å². The van der Waals surface area contributed by atoms with Crippen LogP contribution in [-0.2, 0) is 14.6 Å². The fraction of sp³-hybridized carbons (Fsp3) is 0.300. The predicted molar refractivity (Wildman–Crippen MR) is 55.2 cm³/mol. The Labute approximate surface area is 92.3 Å². The molecule has 0 saturated carbocycles. The van der Waals surface area contributed by atoms with Gasteiger partial charge in [0.25, 0.3) is 0 Å². The predicted octanol–water partition coefficient (Wildman–Crippen LogP) is 0.738. The van der Waals surface area contributed by atoms with Crippen molar-refractivity contribution in [1.29, 1.82) is 0 Å². The first-order valence-electron chi connectivity index (χ1n) is 4.68. The minimum absolute atomic E-state index is 0.0544. The summed E-state index contributed by atoms with van der Waals surface area (Å²) in [7, 11) is -3.45. The summed E-state index contributed by atoms with van der Waals surface area (Å²) in [5, 5.41) is 18.3. The summed E-state index contributed by atoms with van der Waals surface area (Å²) in [4.78, 5) is 10.7. The van der Waals surface area contributed by atoms with Crippen LogP contribution in [0.15, 0.2) is 23.1 Å². The topological polar surface area (TPSA) is 91.7 Å². The first kappa shape index (κ1) is 10.9. The molecule has 1 heterocycles. The van der Waals surface area contributed by atoms with E-state index in [0.717, 1.165) is 0 Å². The van der Waals surface area contributed by atoms with Crippen LogP contribution in [0.3, 0.4) is 0 Å². The molecule has 86 valence electrons. The van der Waals surface area contributed by atoms with E-state index in [-0.39, 0.29) is 28.4 Å². The highest BCUT2D eigenvalue weighted by Gasteiger charge is 2.37. The van der Waals surface area contributed by atoms with E-state index >= 15 is 0 Å². The molecule has 0 saturated heterocycles. The second-order valence-electron chi connectivity index (χ2n) is 3.77. The number of sulfone groups is 1. The van der Waals surface area contributed by atoms with E-state index in [1.54, 1.807) is 0 Å². The van der Waals surface area contributed by atoms with E-state index in [2.05, 4.69) is 0 Å². The lowest BCUT2D eigenvalue weighted by Gasteiger charge is -2.07. The van der Waals surface area contributed by atoms with Gasteiger partial charge in [0.2, 0.25) is 0 Å². The Bertz CT molecular complexity index is 546. The number of aromatic hydroxyl groups is 1. The number of carboxylic acids is 1. The van der Waals surface area contributed by atoms with Crippen molar-refractivity contribution in [3.8, 4) is 5.75 Å². The average molecular weight is 242 g/mol. The first-order chi connectivity index (χ1) is 7.42. The van der Waals surface area contributed by atoms with Gasteiger partial charge in [-0.1, -0.05) is 6.07 Å².